The lowest BCUT2D eigenvalue weighted by molar-refractivity contribution is 0.102. The van der Waals surface area contributed by atoms with Crippen LogP contribution in [0, 0.1) is 0 Å². The van der Waals surface area contributed by atoms with Gasteiger partial charge in [-0.3, -0.25) is 9.89 Å². The van der Waals surface area contributed by atoms with Crippen molar-refractivity contribution in [3.8, 4) is 0 Å². The number of aromatic amines is 1. The smallest absolute Gasteiger partial charge is 0.259 e. The average Bonchev–Trinajstić information content (AvgIpc) is 2.78. The summed E-state index contributed by atoms with van der Waals surface area (Å²) in [6.45, 7) is 0. The minimum absolute atomic E-state index is 0.151. The second-order valence-corrected chi connectivity index (χ2v) is 3.54. The summed E-state index contributed by atoms with van der Waals surface area (Å²) in [6.07, 6.45) is 5.59. The van der Waals surface area contributed by atoms with Crippen molar-refractivity contribution in [1.82, 2.24) is 20.2 Å². The summed E-state index contributed by atoms with van der Waals surface area (Å²) in [5, 5.41) is 8.93. The fraction of sp³-hybridized carbons (Fsp3) is 0. The predicted molar refractivity (Wildman–Crippen MR) is 64.5 cm³/mol. The Morgan fingerprint density at radius 2 is 2.06 bits per heavy atom. The Balaban J connectivity index is 2.19. The highest BCUT2D eigenvalue weighted by Gasteiger charge is 2.12. The van der Waals surface area contributed by atoms with Crippen molar-refractivity contribution in [2.24, 2.45) is 5.73 Å². The van der Waals surface area contributed by atoms with E-state index in [-0.39, 0.29) is 10.9 Å². The number of thiocarbonyl (C=S) groups is 1. The number of hydrogen-bond donors (Lipinski definition) is 3. The maximum atomic E-state index is 11.8. The van der Waals surface area contributed by atoms with Crippen LogP contribution in [0.1, 0.15) is 15.9 Å². The molecular weight excluding hydrogens is 240 g/mol. The van der Waals surface area contributed by atoms with Crippen molar-refractivity contribution >= 4 is 28.9 Å². The first-order valence-electron chi connectivity index (χ1n) is 4.58. The quantitative estimate of drug-likeness (QED) is 0.664. The van der Waals surface area contributed by atoms with E-state index in [1.54, 1.807) is 0 Å². The summed E-state index contributed by atoms with van der Waals surface area (Å²) in [4.78, 5) is 19.4. The molecule has 0 radical (unpaired) electrons. The Kier molecular flexibility index (Phi) is 3.06. The number of carbonyl (C=O) groups excluding carboxylic acids is 1. The molecule has 2 aromatic rings. The van der Waals surface area contributed by atoms with Crippen molar-refractivity contribution in [3.63, 3.8) is 0 Å². The van der Waals surface area contributed by atoms with E-state index in [1.165, 1.54) is 24.9 Å². The highest BCUT2D eigenvalue weighted by Crippen LogP contribution is 2.11. The van der Waals surface area contributed by atoms with E-state index in [0.717, 1.165) is 0 Å². The van der Waals surface area contributed by atoms with Crippen molar-refractivity contribution in [2.45, 2.75) is 0 Å². The van der Waals surface area contributed by atoms with E-state index in [2.05, 4.69) is 25.5 Å². The Bertz CT molecular complexity index is 552. The van der Waals surface area contributed by atoms with Crippen molar-refractivity contribution < 1.29 is 4.79 Å². The van der Waals surface area contributed by atoms with Gasteiger partial charge in [0.1, 0.15) is 17.1 Å². The molecule has 17 heavy (non-hydrogen) atoms. The van der Waals surface area contributed by atoms with Gasteiger partial charge in [0.05, 0.1) is 17.3 Å². The summed E-state index contributed by atoms with van der Waals surface area (Å²) < 4.78 is 0. The van der Waals surface area contributed by atoms with Gasteiger partial charge < -0.3 is 11.1 Å². The lowest BCUT2D eigenvalue weighted by Crippen LogP contribution is -2.17. The Morgan fingerprint density at radius 1 is 1.35 bits per heavy atom. The Hall–Kier alpha value is -2.35. The summed E-state index contributed by atoms with van der Waals surface area (Å²) >= 11 is 4.81. The number of nitrogens with one attached hydrogen (secondary N) is 2. The van der Waals surface area contributed by atoms with Crippen LogP contribution in [-0.2, 0) is 0 Å². The van der Waals surface area contributed by atoms with Gasteiger partial charge in [-0.15, -0.1) is 0 Å². The van der Waals surface area contributed by atoms with E-state index in [0.29, 0.717) is 16.9 Å². The number of nitrogens with two attached hydrogens (primary N) is 1. The number of hydrogen-bond acceptors (Lipinski definition) is 5. The number of nitrogens with zero attached hydrogens (tertiary/aromatic N) is 3. The van der Waals surface area contributed by atoms with Gasteiger partial charge in [-0.2, -0.15) is 5.10 Å². The van der Waals surface area contributed by atoms with Crippen LogP contribution < -0.4 is 11.1 Å². The molecule has 4 N–H and O–H groups in total. The minimum atomic E-state index is -0.368. The molecule has 0 atom stereocenters. The van der Waals surface area contributed by atoms with E-state index < -0.39 is 0 Å². The van der Waals surface area contributed by atoms with Crippen LogP contribution in [-0.4, -0.2) is 31.1 Å². The SMILES string of the molecule is NC(=S)c1cn[nH]c1NC(=O)c1cncnc1. The third-order valence-electron chi connectivity index (χ3n) is 1.97. The molecule has 0 aromatic carbocycles. The highest BCUT2D eigenvalue weighted by atomic mass is 32.1. The molecule has 0 bridgehead atoms. The Labute approximate surface area is 101 Å². The Morgan fingerprint density at radius 3 is 2.71 bits per heavy atom. The van der Waals surface area contributed by atoms with Crippen molar-refractivity contribution in [2.75, 3.05) is 5.32 Å². The van der Waals surface area contributed by atoms with Crippen LogP contribution in [0.2, 0.25) is 0 Å². The van der Waals surface area contributed by atoms with E-state index in [4.69, 9.17) is 18.0 Å². The van der Waals surface area contributed by atoms with Crippen molar-refractivity contribution in [3.05, 3.63) is 36.0 Å². The maximum absolute atomic E-state index is 11.8. The maximum Gasteiger partial charge on any atom is 0.259 e. The molecule has 0 aliphatic heterocycles. The number of anilines is 1. The first-order valence-corrected chi connectivity index (χ1v) is 4.99. The standard InChI is InChI=1S/C9H8N6OS/c10-7(17)6-3-13-15-8(6)14-9(16)5-1-11-4-12-2-5/h1-4H,(H2,10,17)(H2,13,14,15,16). The largest absolute Gasteiger partial charge is 0.389 e. The van der Waals surface area contributed by atoms with Crippen LogP contribution in [0.4, 0.5) is 5.82 Å². The first kappa shape index (κ1) is 11.1. The lowest BCUT2D eigenvalue weighted by atomic mass is 10.3. The number of aromatic nitrogens is 4. The van der Waals surface area contributed by atoms with Gasteiger partial charge in [-0.1, -0.05) is 12.2 Å². The fourth-order valence-corrected chi connectivity index (χ4v) is 1.33. The zero-order chi connectivity index (χ0) is 12.3. The number of amides is 1. The summed E-state index contributed by atoms with van der Waals surface area (Å²) in [7, 11) is 0. The number of carbonyl (C=O) groups is 1. The molecule has 0 aliphatic carbocycles. The number of rotatable bonds is 3. The third-order valence-corrected chi connectivity index (χ3v) is 2.19. The first-order chi connectivity index (χ1) is 8.18. The molecule has 2 aromatic heterocycles. The average molecular weight is 248 g/mol. The second kappa shape index (κ2) is 4.66. The third kappa shape index (κ3) is 2.42. The molecule has 0 spiro atoms. The zero-order valence-corrected chi connectivity index (χ0v) is 9.36. The van der Waals surface area contributed by atoms with Crippen molar-refractivity contribution in [1.29, 1.82) is 0 Å². The van der Waals surface area contributed by atoms with Crippen LogP contribution in [0.3, 0.4) is 0 Å². The van der Waals surface area contributed by atoms with E-state index in [9.17, 15) is 4.79 Å². The highest BCUT2D eigenvalue weighted by molar-refractivity contribution is 7.80. The summed E-state index contributed by atoms with van der Waals surface area (Å²) in [5.41, 5.74) is 6.28. The molecule has 8 heteroatoms. The van der Waals surface area contributed by atoms with E-state index >= 15 is 0 Å². The molecular formula is C9H8N6OS. The molecule has 7 nitrogen and oxygen atoms in total. The lowest BCUT2D eigenvalue weighted by Gasteiger charge is -2.03. The van der Waals surface area contributed by atoms with Crippen LogP contribution >= 0.6 is 12.2 Å². The molecule has 1 amide bonds. The van der Waals surface area contributed by atoms with E-state index in [1.807, 2.05) is 0 Å². The minimum Gasteiger partial charge on any atom is -0.389 e. The topological polar surface area (TPSA) is 110 Å². The monoisotopic (exact) mass is 248 g/mol. The zero-order valence-electron chi connectivity index (χ0n) is 8.54. The molecule has 0 saturated carbocycles. The van der Waals surface area contributed by atoms with Gasteiger partial charge in [0.15, 0.2) is 0 Å². The van der Waals surface area contributed by atoms with Gasteiger partial charge in [-0.05, 0) is 0 Å². The second-order valence-electron chi connectivity index (χ2n) is 3.10. The van der Waals surface area contributed by atoms with Crippen LogP contribution in [0.25, 0.3) is 0 Å². The van der Waals surface area contributed by atoms with Gasteiger partial charge in [-0.25, -0.2) is 9.97 Å². The molecule has 0 unspecified atom stereocenters. The summed E-state index contributed by atoms with van der Waals surface area (Å²) in [6, 6.07) is 0. The van der Waals surface area contributed by atoms with Gasteiger partial charge >= 0.3 is 0 Å². The molecule has 0 saturated heterocycles. The number of H-pyrrole nitrogens is 1. The van der Waals surface area contributed by atoms with Gasteiger partial charge in [0, 0.05) is 12.4 Å². The molecule has 0 fully saturated rings. The van der Waals surface area contributed by atoms with Crippen LogP contribution in [0.5, 0.6) is 0 Å². The molecule has 2 rings (SSSR count). The normalized spacial score (nSPS) is 9.88. The molecule has 0 aliphatic rings. The van der Waals surface area contributed by atoms with Gasteiger partial charge in [0.2, 0.25) is 0 Å². The molecule has 2 heterocycles. The molecule has 86 valence electrons. The summed E-state index contributed by atoms with van der Waals surface area (Å²) in [5.74, 6) is -0.0151. The van der Waals surface area contributed by atoms with Crippen LogP contribution in [0.15, 0.2) is 24.9 Å². The predicted octanol–water partition coefficient (Wildman–Crippen LogP) is 0.0862. The fourth-order valence-electron chi connectivity index (χ4n) is 1.17. The van der Waals surface area contributed by atoms with Gasteiger partial charge in [0.25, 0.3) is 5.91 Å².